The van der Waals surface area contributed by atoms with Gasteiger partial charge in [0.15, 0.2) is 5.76 Å². The number of carbonyl (C=O) groups excluding carboxylic acids is 2. The standard InChI is InChI=1S/C21H19N3O5S/c25-19(22-9-11-23(12-10-22)21(26)17-7-3-13-29-17)14-24-16-6-1-4-15-5-2-8-18(20(15)16)30(24,27)28/h1-8,13H,9-12,14H2. The van der Waals surface area contributed by atoms with Crippen molar-refractivity contribution in [3.63, 3.8) is 0 Å². The molecule has 2 aliphatic rings. The molecule has 0 radical (unpaired) electrons. The minimum atomic E-state index is -3.78. The van der Waals surface area contributed by atoms with Crippen LogP contribution in [0.2, 0.25) is 0 Å². The molecule has 0 saturated carbocycles. The zero-order valence-corrected chi connectivity index (χ0v) is 16.8. The normalized spacial score (nSPS) is 17.5. The van der Waals surface area contributed by atoms with Crippen molar-refractivity contribution in [2.45, 2.75) is 4.90 Å². The number of sulfonamides is 1. The molecule has 1 saturated heterocycles. The third-order valence-corrected chi connectivity index (χ3v) is 7.41. The third-order valence-electron chi connectivity index (χ3n) is 5.61. The Morgan fingerprint density at radius 1 is 0.900 bits per heavy atom. The van der Waals surface area contributed by atoms with Crippen LogP contribution in [-0.2, 0) is 14.8 Å². The predicted molar refractivity (Wildman–Crippen MR) is 110 cm³/mol. The Bertz CT molecular complexity index is 1240. The monoisotopic (exact) mass is 425 g/mol. The van der Waals surface area contributed by atoms with Gasteiger partial charge in [0.05, 0.1) is 16.8 Å². The van der Waals surface area contributed by atoms with Crippen LogP contribution in [-0.4, -0.2) is 62.8 Å². The summed E-state index contributed by atoms with van der Waals surface area (Å²) in [6, 6.07) is 13.8. The van der Waals surface area contributed by atoms with Gasteiger partial charge in [-0.1, -0.05) is 24.3 Å². The number of piperazine rings is 1. The van der Waals surface area contributed by atoms with Gasteiger partial charge in [0, 0.05) is 31.6 Å². The molecule has 5 rings (SSSR count). The molecular weight excluding hydrogens is 406 g/mol. The van der Waals surface area contributed by atoms with Gasteiger partial charge in [-0.3, -0.25) is 13.9 Å². The highest BCUT2D eigenvalue weighted by molar-refractivity contribution is 7.93. The number of hydrogen-bond acceptors (Lipinski definition) is 5. The number of nitrogens with zero attached hydrogens (tertiary/aromatic N) is 3. The van der Waals surface area contributed by atoms with Crippen molar-refractivity contribution in [3.8, 4) is 0 Å². The van der Waals surface area contributed by atoms with E-state index in [1.165, 1.54) is 10.6 Å². The Labute approximate surface area is 173 Å². The lowest BCUT2D eigenvalue weighted by molar-refractivity contribution is -0.131. The molecule has 0 N–H and O–H groups in total. The molecule has 3 aromatic rings. The van der Waals surface area contributed by atoms with Crippen LogP contribution in [0.1, 0.15) is 10.6 Å². The Balaban J connectivity index is 1.31. The molecule has 3 heterocycles. The predicted octanol–water partition coefficient (Wildman–Crippen LogP) is 1.93. The summed E-state index contributed by atoms with van der Waals surface area (Å²) in [7, 11) is -3.78. The number of anilines is 1. The minimum Gasteiger partial charge on any atom is -0.459 e. The first kappa shape index (κ1) is 18.7. The highest BCUT2D eigenvalue weighted by Crippen LogP contribution is 2.41. The van der Waals surface area contributed by atoms with E-state index in [1.54, 1.807) is 46.2 Å². The zero-order chi connectivity index (χ0) is 20.9. The van der Waals surface area contributed by atoms with E-state index in [0.29, 0.717) is 37.3 Å². The van der Waals surface area contributed by atoms with Crippen molar-refractivity contribution in [2.75, 3.05) is 37.0 Å². The molecule has 1 fully saturated rings. The van der Waals surface area contributed by atoms with Crippen molar-refractivity contribution in [1.82, 2.24) is 9.80 Å². The lowest BCUT2D eigenvalue weighted by Crippen LogP contribution is -2.52. The Morgan fingerprint density at radius 2 is 1.60 bits per heavy atom. The van der Waals surface area contributed by atoms with Crippen molar-refractivity contribution in [3.05, 3.63) is 60.6 Å². The average molecular weight is 425 g/mol. The second-order valence-corrected chi connectivity index (χ2v) is 9.12. The molecule has 0 spiro atoms. The van der Waals surface area contributed by atoms with E-state index in [4.69, 9.17) is 4.42 Å². The number of amides is 2. The van der Waals surface area contributed by atoms with Gasteiger partial charge in [-0.15, -0.1) is 0 Å². The van der Waals surface area contributed by atoms with Crippen LogP contribution in [0.3, 0.4) is 0 Å². The van der Waals surface area contributed by atoms with Gasteiger partial charge < -0.3 is 14.2 Å². The SMILES string of the molecule is O=C(CN1c2cccc3cccc(c23)S1(=O)=O)N1CCN(C(=O)c2ccco2)CC1. The van der Waals surface area contributed by atoms with Gasteiger partial charge >= 0.3 is 0 Å². The highest BCUT2D eigenvalue weighted by Gasteiger charge is 2.38. The van der Waals surface area contributed by atoms with Crippen LogP contribution in [0.25, 0.3) is 10.8 Å². The van der Waals surface area contributed by atoms with Crippen LogP contribution in [0.4, 0.5) is 5.69 Å². The van der Waals surface area contributed by atoms with Crippen LogP contribution in [0.5, 0.6) is 0 Å². The van der Waals surface area contributed by atoms with Gasteiger partial charge in [0.2, 0.25) is 5.91 Å². The van der Waals surface area contributed by atoms with E-state index in [1.807, 2.05) is 12.1 Å². The van der Waals surface area contributed by atoms with Gasteiger partial charge in [0.25, 0.3) is 15.9 Å². The first-order valence-electron chi connectivity index (χ1n) is 9.62. The molecule has 2 aliphatic heterocycles. The Hall–Kier alpha value is -3.33. The Kier molecular flexibility index (Phi) is 4.28. The van der Waals surface area contributed by atoms with E-state index < -0.39 is 10.0 Å². The van der Waals surface area contributed by atoms with Gasteiger partial charge in [0.1, 0.15) is 6.54 Å². The number of furan rings is 1. The summed E-state index contributed by atoms with van der Waals surface area (Å²) in [6.07, 6.45) is 1.45. The Morgan fingerprint density at radius 3 is 2.30 bits per heavy atom. The second-order valence-electron chi connectivity index (χ2n) is 7.29. The summed E-state index contributed by atoms with van der Waals surface area (Å²) in [6.45, 7) is 1.16. The number of hydrogen-bond donors (Lipinski definition) is 0. The fourth-order valence-corrected chi connectivity index (χ4v) is 5.73. The van der Waals surface area contributed by atoms with Gasteiger partial charge in [-0.25, -0.2) is 8.42 Å². The summed E-state index contributed by atoms with van der Waals surface area (Å²) in [5.41, 5.74) is 0.531. The smallest absolute Gasteiger partial charge is 0.289 e. The summed E-state index contributed by atoms with van der Waals surface area (Å²) in [5, 5.41) is 1.48. The summed E-state index contributed by atoms with van der Waals surface area (Å²) >= 11 is 0. The average Bonchev–Trinajstić information content (AvgIpc) is 3.37. The molecule has 154 valence electrons. The summed E-state index contributed by atoms with van der Waals surface area (Å²) in [4.78, 5) is 28.8. The summed E-state index contributed by atoms with van der Waals surface area (Å²) < 4.78 is 32.4. The summed E-state index contributed by atoms with van der Waals surface area (Å²) in [5.74, 6) is -0.228. The molecule has 0 unspecified atom stereocenters. The van der Waals surface area contributed by atoms with E-state index in [0.717, 1.165) is 5.39 Å². The van der Waals surface area contributed by atoms with Gasteiger partial charge in [-0.05, 0) is 29.7 Å². The molecular formula is C21H19N3O5S. The van der Waals surface area contributed by atoms with E-state index >= 15 is 0 Å². The topological polar surface area (TPSA) is 91.1 Å². The van der Waals surface area contributed by atoms with E-state index in [-0.39, 0.29) is 29.0 Å². The van der Waals surface area contributed by atoms with Crippen molar-refractivity contribution >= 4 is 38.3 Å². The first-order chi connectivity index (χ1) is 14.5. The molecule has 0 atom stereocenters. The lowest BCUT2D eigenvalue weighted by atomic mass is 10.1. The van der Waals surface area contributed by atoms with E-state index in [9.17, 15) is 18.0 Å². The maximum Gasteiger partial charge on any atom is 0.289 e. The maximum atomic E-state index is 13.0. The fraction of sp³-hybridized carbons (Fsp3) is 0.238. The quantitative estimate of drug-likeness (QED) is 0.640. The van der Waals surface area contributed by atoms with Crippen molar-refractivity contribution in [2.24, 2.45) is 0 Å². The molecule has 2 amide bonds. The largest absolute Gasteiger partial charge is 0.459 e. The molecule has 30 heavy (non-hydrogen) atoms. The van der Waals surface area contributed by atoms with Gasteiger partial charge in [-0.2, -0.15) is 0 Å². The fourth-order valence-electron chi connectivity index (χ4n) is 4.07. The number of rotatable bonds is 3. The van der Waals surface area contributed by atoms with Crippen LogP contribution >= 0.6 is 0 Å². The van der Waals surface area contributed by atoms with E-state index in [2.05, 4.69) is 0 Å². The van der Waals surface area contributed by atoms with Crippen molar-refractivity contribution < 1.29 is 22.4 Å². The molecule has 2 aromatic carbocycles. The number of carbonyl (C=O) groups is 2. The molecule has 9 heteroatoms. The molecule has 1 aromatic heterocycles. The molecule has 8 nitrogen and oxygen atoms in total. The second kappa shape index (κ2) is 6.88. The number of benzene rings is 2. The third kappa shape index (κ3) is 2.85. The van der Waals surface area contributed by atoms with Crippen LogP contribution in [0.15, 0.2) is 64.1 Å². The highest BCUT2D eigenvalue weighted by atomic mass is 32.2. The van der Waals surface area contributed by atoms with Crippen LogP contribution < -0.4 is 4.31 Å². The maximum absolute atomic E-state index is 13.0. The van der Waals surface area contributed by atoms with Crippen molar-refractivity contribution in [1.29, 1.82) is 0 Å². The zero-order valence-electron chi connectivity index (χ0n) is 16.0. The minimum absolute atomic E-state index is 0.212. The van der Waals surface area contributed by atoms with Crippen LogP contribution in [0, 0.1) is 0 Å². The first-order valence-corrected chi connectivity index (χ1v) is 11.1. The lowest BCUT2D eigenvalue weighted by Gasteiger charge is -2.35. The molecule has 0 aliphatic carbocycles. The molecule has 0 bridgehead atoms.